The van der Waals surface area contributed by atoms with Gasteiger partial charge in [0.15, 0.2) is 5.69 Å². The Labute approximate surface area is 85.5 Å². The Hall–Kier alpha value is -2.19. The lowest BCUT2D eigenvalue weighted by Gasteiger charge is -2.02. The second kappa shape index (κ2) is 4.13. The number of carboxylic acids is 1. The van der Waals surface area contributed by atoms with E-state index in [1.165, 1.54) is 0 Å². The van der Waals surface area contributed by atoms with Crippen LogP contribution in [-0.2, 0) is 0 Å². The van der Waals surface area contributed by atoms with Crippen LogP contribution in [0.3, 0.4) is 0 Å². The summed E-state index contributed by atoms with van der Waals surface area (Å²) in [6, 6.07) is 0.214. The maximum absolute atomic E-state index is 12.9. The molecule has 0 saturated carbocycles. The van der Waals surface area contributed by atoms with Crippen molar-refractivity contribution in [2.45, 2.75) is 6.43 Å². The van der Waals surface area contributed by atoms with Crippen LogP contribution in [0.25, 0.3) is 0 Å². The molecular weight excluding hydrogens is 233 g/mol. The number of hydrogen-bond donors (Lipinski definition) is 1. The molecule has 1 aromatic heterocycles. The quantitative estimate of drug-likeness (QED) is 0.490. The maximum atomic E-state index is 12.9. The molecule has 0 aliphatic carbocycles. The highest BCUT2D eigenvalue weighted by atomic mass is 19.3. The summed E-state index contributed by atoms with van der Waals surface area (Å²) >= 11 is 0. The third kappa shape index (κ3) is 2.07. The molecule has 0 spiro atoms. The van der Waals surface area contributed by atoms with Gasteiger partial charge in [-0.05, 0) is 0 Å². The number of hydrogen-bond acceptors (Lipinski definition) is 4. The smallest absolute Gasteiger partial charge is 0.340 e. The predicted octanol–water partition coefficient (Wildman–Crippen LogP) is 1.76. The second-order valence-corrected chi connectivity index (χ2v) is 2.59. The zero-order chi connectivity index (χ0) is 12.5. The lowest BCUT2D eigenvalue weighted by molar-refractivity contribution is -0.386. The lowest BCUT2D eigenvalue weighted by Crippen LogP contribution is -2.08. The third-order valence-corrected chi connectivity index (χ3v) is 1.62. The number of pyridine rings is 1. The highest BCUT2D eigenvalue weighted by Gasteiger charge is 2.28. The molecule has 9 heteroatoms. The van der Waals surface area contributed by atoms with Gasteiger partial charge < -0.3 is 5.11 Å². The maximum Gasteiger partial charge on any atom is 0.340 e. The van der Waals surface area contributed by atoms with Crippen molar-refractivity contribution in [2.75, 3.05) is 0 Å². The average Bonchev–Trinajstić information content (AvgIpc) is 2.15. The summed E-state index contributed by atoms with van der Waals surface area (Å²) in [6.07, 6.45) is -3.36. The van der Waals surface area contributed by atoms with Crippen LogP contribution in [0.5, 0.6) is 0 Å². The Bertz CT molecular complexity index is 463. The highest BCUT2D eigenvalue weighted by molar-refractivity contribution is 5.88. The van der Waals surface area contributed by atoms with Gasteiger partial charge in [-0.2, -0.15) is 4.39 Å². The summed E-state index contributed by atoms with van der Waals surface area (Å²) in [4.78, 5) is 22.0. The molecule has 0 atom stereocenters. The van der Waals surface area contributed by atoms with E-state index < -0.39 is 40.2 Å². The van der Waals surface area contributed by atoms with Crippen LogP contribution in [-0.4, -0.2) is 21.0 Å². The first-order valence-electron chi connectivity index (χ1n) is 3.71. The van der Waals surface area contributed by atoms with Crippen LogP contribution in [0.2, 0.25) is 0 Å². The lowest BCUT2D eigenvalue weighted by atomic mass is 10.2. The number of carboxylic acid groups (broad SMARTS) is 1. The van der Waals surface area contributed by atoms with Gasteiger partial charge in [0.1, 0.15) is 5.56 Å². The summed E-state index contributed by atoms with van der Waals surface area (Å²) in [7, 11) is 0. The van der Waals surface area contributed by atoms with Crippen molar-refractivity contribution in [1.82, 2.24) is 4.98 Å². The van der Waals surface area contributed by atoms with Gasteiger partial charge in [0.25, 0.3) is 12.1 Å². The number of alkyl halides is 2. The van der Waals surface area contributed by atoms with Crippen LogP contribution in [0.15, 0.2) is 6.07 Å². The van der Waals surface area contributed by atoms with E-state index in [-0.39, 0.29) is 6.07 Å². The predicted molar refractivity (Wildman–Crippen MR) is 42.8 cm³/mol. The summed E-state index contributed by atoms with van der Waals surface area (Å²) in [5.74, 6) is -3.51. The minimum Gasteiger partial charge on any atom is -0.478 e. The van der Waals surface area contributed by atoms with E-state index in [9.17, 15) is 28.1 Å². The zero-order valence-corrected chi connectivity index (χ0v) is 7.35. The zero-order valence-electron chi connectivity index (χ0n) is 7.35. The molecule has 1 N–H and O–H groups in total. The minimum absolute atomic E-state index is 0.214. The molecule has 0 aliphatic heterocycles. The normalized spacial score (nSPS) is 10.5. The summed E-state index contributed by atoms with van der Waals surface area (Å²) in [5, 5.41) is 18.7. The molecule has 1 aromatic rings. The van der Waals surface area contributed by atoms with Crippen molar-refractivity contribution in [3.63, 3.8) is 0 Å². The van der Waals surface area contributed by atoms with E-state index in [0.717, 1.165) is 0 Å². The van der Waals surface area contributed by atoms with E-state index >= 15 is 0 Å². The Morgan fingerprint density at radius 2 is 2.12 bits per heavy atom. The van der Waals surface area contributed by atoms with Crippen LogP contribution >= 0.6 is 0 Å². The van der Waals surface area contributed by atoms with Crippen LogP contribution in [0, 0.1) is 16.1 Å². The molecule has 1 heterocycles. The van der Waals surface area contributed by atoms with Gasteiger partial charge in [0, 0.05) is 6.07 Å². The fraction of sp³-hybridized carbons (Fsp3) is 0.143. The fourth-order valence-electron chi connectivity index (χ4n) is 0.950. The van der Waals surface area contributed by atoms with Crippen molar-refractivity contribution in [2.24, 2.45) is 0 Å². The first-order valence-corrected chi connectivity index (χ1v) is 3.71. The number of nitro groups is 1. The molecule has 0 saturated heterocycles. The molecular formula is C7H3F3N2O4. The van der Waals surface area contributed by atoms with Crippen molar-refractivity contribution in [1.29, 1.82) is 0 Å². The summed E-state index contributed by atoms with van der Waals surface area (Å²) in [6.45, 7) is 0. The van der Waals surface area contributed by atoms with Crippen molar-refractivity contribution >= 4 is 11.7 Å². The summed E-state index contributed by atoms with van der Waals surface area (Å²) in [5.41, 5.74) is -3.75. The standard InChI is InChI=1S/C7H3F3N2O4/c8-5(9)4-3(12(15)16)1-2(7(13)14)6(10)11-4/h1,5H,(H,13,14). The molecule has 86 valence electrons. The molecule has 0 amide bonds. The van der Waals surface area contributed by atoms with Crippen LogP contribution in [0.1, 0.15) is 22.5 Å². The molecule has 0 radical (unpaired) electrons. The summed E-state index contributed by atoms with van der Waals surface area (Å²) < 4.78 is 37.3. The van der Waals surface area contributed by atoms with Crippen molar-refractivity contribution in [3.05, 3.63) is 33.4 Å². The molecule has 0 aromatic carbocycles. The Morgan fingerprint density at radius 1 is 1.56 bits per heavy atom. The topological polar surface area (TPSA) is 93.3 Å². The van der Waals surface area contributed by atoms with E-state index in [2.05, 4.69) is 4.98 Å². The van der Waals surface area contributed by atoms with Gasteiger partial charge >= 0.3 is 5.97 Å². The molecule has 0 fully saturated rings. The van der Waals surface area contributed by atoms with E-state index in [1.54, 1.807) is 0 Å². The van der Waals surface area contributed by atoms with Gasteiger partial charge in [0.05, 0.1) is 4.92 Å². The number of aromatic nitrogens is 1. The van der Waals surface area contributed by atoms with E-state index in [4.69, 9.17) is 5.11 Å². The molecule has 0 aliphatic rings. The Morgan fingerprint density at radius 3 is 2.50 bits per heavy atom. The SMILES string of the molecule is O=C(O)c1cc([N+](=O)[O-])c(C(F)F)nc1F. The molecule has 16 heavy (non-hydrogen) atoms. The number of rotatable bonds is 3. The molecule has 6 nitrogen and oxygen atoms in total. The number of aromatic carboxylic acids is 1. The van der Waals surface area contributed by atoms with Crippen molar-refractivity contribution in [3.8, 4) is 0 Å². The number of carbonyl (C=O) groups is 1. The molecule has 0 unspecified atom stereocenters. The number of nitrogens with zero attached hydrogens (tertiary/aromatic N) is 2. The van der Waals surface area contributed by atoms with Gasteiger partial charge in [0.2, 0.25) is 5.95 Å². The molecule has 0 bridgehead atoms. The van der Waals surface area contributed by atoms with E-state index in [0.29, 0.717) is 0 Å². The second-order valence-electron chi connectivity index (χ2n) is 2.59. The first-order chi connectivity index (χ1) is 7.34. The van der Waals surface area contributed by atoms with Gasteiger partial charge in [-0.25, -0.2) is 18.6 Å². The van der Waals surface area contributed by atoms with Gasteiger partial charge in [-0.15, -0.1) is 0 Å². The Kier molecular flexibility index (Phi) is 3.06. The van der Waals surface area contributed by atoms with E-state index in [1.807, 2.05) is 0 Å². The Balaban J connectivity index is 3.49. The third-order valence-electron chi connectivity index (χ3n) is 1.62. The van der Waals surface area contributed by atoms with Gasteiger partial charge in [-0.3, -0.25) is 10.1 Å². The highest BCUT2D eigenvalue weighted by Crippen LogP contribution is 2.28. The largest absolute Gasteiger partial charge is 0.478 e. The molecule has 1 rings (SSSR count). The average molecular weight is 236 g/mol. The minimum atomic E-state index is -3.36. The van der Waals surface area contributed by atoms with Crippen LogP contribution in [0.4, 0.5) is 18.9 Å². The monoisotopic (exact) mass is 236 g/mol. The van der Waals surface area contributed by atoms with Gasteiger partial charge in [-0.1, -0.05) is 0 Å². The van der Waals surface area contributed by atoms with Crippen molar-refractivity contribution < 1.29 is 28.0 Å². The number of halogens is 3. The fourth-order valence-corrected chi connectivity index (χ4v) is 0.950. The van der Waals surface area contributed by atoms with Crippen LogP contribution < -0.4 is 0 Å². The first kappa shape index (κ1) is 11.9.